The number of pyridine rings is 4. The van der Waals surface area contributed by atoms with Gasteiger partial charge in [0.1, 0.15) is 51.1 Å². The molecule has 60 heavy (non-hydrogen) atoms. The molecule has 0 saturated carbocycles. The molecule has 316 valence electrons. The van der Waals surface area contributed by atoms with Crippen molar-refractivity contribution < 1.29 is 56.2 Å². The SMILES string of the molecule is COCC[n+]1ccc(-c2cc[n+](CCOCCOCCOc3cccc4c(OCCOCCOCC[n+]5ccc(-c6cc[n+](CCOC)cc6)cc5)cccc34)cc2)cc1. The summed E-state index contributed by atoms with van der Waals surface area (Å²) in [6, 6.07) is 29.0. The average molecular weight is 821 g/mol. The second-order valence-electron chi connectivity index (χ2n) is 14.0. The molecule has 4 heterocycles. The number of aromatic nitrogens is 4. The van der Waals surface area contributed by atoms with Crippen molar-refractivity contribution in [3.8, 4) is 33.8 Å². The van der Waals surface area contributed by atoms with Crippen LogP contribution in [0.4, 0.5) is 0 Å². The summed E-state index contributed by atoms with van der Waals surface area (Å²) in [6.45, 7) is 9.72. The summed E-state index contributed by atoms with van der Waals surface area (Å²) < 4.78 is 54.2. The standard InChI is InChI=1S/C48H60N4O8/c1-53-29-25-49-17-9-41(10-18-49)43-13-21-51(22-14-43)27-31-55-33-35-57-37-39-59-47-7-3-6-46-45(47)5-4-8-48(46)60-40-38-58-36-34-56-32-28-52-23-15-44(16-24-52)42-11-19-50(20-12-42)26-30-54-2/h3-24H,25-40H2,1-2H3/q+4. The lowest BCUT2D eigenvalue weighted by Crippen LogP contribution is -2.35. The average Bonchev–Trinajstić information content (AvgIpc) is 3.30. The third-order valence-electron chi connectivity index (χ3n) is 9.88. The molecule has 12 nitrogen and oxygen atoms in total. The lowest BCUT2D eigenvalue weighted by atomic mass is 10.1. The maximum Gasteiger partial charge on any atom is 0.171 e. The van der Waals surface area contributed by atoms with Crippen LogP contribution in [-0.2, 0) is 54.6 Å². The Morgan fingerprint density at radius 3 is 0.917 bits per heavy atom. The normalized spacial score (nSPS) is 11.3. The highest BCUT2D eigenvalue weighted by Crippen LogP contribution is 2.32. The molecular formula is C48H60N4O8+4. The Balaban J connectivity index is 0.790. The van der Waals surface area contributed by atoms with Gasteiger partial charge in [0.05, 0.1) is 39.6 Å². The summed E-state index contributed by atoms with van der Waals surface area (Å²) in [5, 5.41) is 1.99. The van der Waals surface area contributed by atoms with Crippen LogP contribution in [0.5, 0.6) is 11.5 Å². The number of nitrogens with zero attached hydrogens (tertiary/aromatic N) is 4. The van der Waals surface area contributed by atoms with Gasteiger partial charge in [0.25, 0.3) is 0 Å². The first-order valence-electron chi connectivity index (χ1n) is 20.7. The molecule has 6 rings (SSSR count). The number of hydrogen-bond donors (Lipinski definition) is 0. The van der Waals surface area contributed by atoms with Gasteiger partial charge in [0.15, 0.2) is 75.8 Å². The number of fused-ring (bicyclic) bond motifs is 1. The molecule has 0 radical (unpaired) electrons. The highest BCUT2D eigenvalue weighted by molar-refractivity contribution is 5.93. The van der Waals surface area contributed by atoms with Crippen molar-refractivity contribution in [1.82, 2.24) is 0 Å². The number of methoxy groups -OCH3 is 2. The fourth-order valence-electron chi connectivity index (χ4n) is 6.50. The quantitative estimate of drug-likeness (QED) is 0.0514. The fraction of sp³-hybridized carbons (Fsp3) is 0.375. The van der Waals surface area contributed by atoms with Crippen molar-refractivity contribution in [2.24, 2.45) is 0 Å². The Bertz CT molecular complexity index is 1950. The molecule has 0 saturated heterocycles. The minimum Gasteiger partial charge on any atom is -0.491 e. The van der Waals surface area contributed by atoms with Crippen LogP contribution in [0.2, 0.25) is 0 Å². The first-order valence-corrected chi connectivity index (χ1v) is 20.7. The van der Waals surface area contributed by atoms with E-state index in [0.29, 0.717) is 79.3 Å². The maximum absolute atomic E-state index is 6.10. The Hall–Kier alpha value is -5.34. The fourth-order valence-corrected chi connectivity index (χ4v) is 6.50. The lowest BCUT2D eigenvalue weighted by Gasteiger charge is -2.13. The first-order chi connectivity index (χ1) is 29.7. The predicted octanol–water partition coefficient (Wildman–Crippen LogP) is 4.84. The van der Waals surface area contributed by atoms with Gasteiger partial charge in [-0.3, -0.25) is 0 Å². The highest BCUT2D eigenvalue weighted by atomic mass is 16.6. The van der Waals surface area contributed by atoms with E-state index >= 15 is 0 Å². The minimum absolute atomic E-state index is 0.437. The predicted molar refractivity (Wildman–Crippen MR) is 227 cm³/mol. The van der Waals surface area contributed by atoms with Crippen molar-refractivity contribution in [2.45, 2.75) is 26.2 Å². The van der Waals surface area contributed by atoms with E-state index in [1.165, 1.54) is 22.3 Å². The second kappa shape index (κ2) is 25.3. The Morgan fingerprint density at radius 2 is 0.600 bits per heavy atom. The van der Waals surface area contributed by atoms with Gasteiger partial charge in [-0.15, -0.1) is 0 Å². The van der Waals surface area contributed by atoms with Gasteiger partial charge in [-0.25, -0.2) is 18.3 Å². The molecule has 0 aliphatic heterocycles. The van der Waals surface area contributed by atoms with Crippen LogP contribution in [0.1, 0.15) is 0 Å². The van der Waals surface area contributed by atoms with Gasteiger partial charge in [0.2, 0.25) is 0 Å². The van der Waals surface area contributed by atoms with Crippen molar-refractivity contribution >= 4 is 10.8 Å². The van der Waals surface area contributed by atoms with Gasteiger partial charge in [-0.1, -0.05) is 24.3 Å². The largest absolute Gasteiger partial charge is 0.491 e. The summed E-state index contributed by atoms with van der Waals surface area (Å²) in [5.41, 5.74) is 4.73. The van der Waals surface area contributed by atoms with Crippen LogP contribution in [0.3, 0.4) is 0 Å². The number of benzene rings is 2. The van der Waals surface area contributed by atoms with E-state index in [4.69, 9.17) is 37.9 Å². The van der Waals surface area contributed by atoms with E-state index in [1.54, 1.807) is 14.2 Å². The van der Waals surface area contributed by atoms with Gasteiger partial charge in [-0.2, -0.15) is 0 Å². The third kappa shape index (κ3) is 14.4. The first kappa shape index (κ1) is 44.2. The van der Waals surface area contributed by atoms with E-state index in [-0.39, 0.29) is 0 Å². The molecule has 12 heteroatoms. The van der Waals surface area contributed by atoms with Gasteiger partial charge < -0.3 is 37.9 Å². The minimum atomic E-state index is 0.437. The van der Waals surface area contributed by atoms with Crippen LogP contribution < -0.4 is 27.7 Å². The van der Waals surface area contributed by atoms with Crippen molar-refractivity contribution in [2.75, 3.05) is 93.5 Å². The molecule has 2 aromatic carbocycles. The van der Waals surface area contributed by atoms with E-state index in [0.717, 1.165) is 48.5 Å². The molecular weight excluding hydrogens is 761 g/mol. The molecule has 6 aromatic rings. The van der Waals surface area contributed by atoms with E-state index in [2.05, 4.69) is 116 Å². The zero-order valence-electron chi connectivity index (χ0n) is 35.1. The van der Waals surface area contributed by atoms with Crippen LogP contribution in [0.15, 0.2) is 135 Å². The van der Waals surface area contributed by atoms with Crippen LogP contribution >= 0.6 is 0 Å². The van der Waals surface area contributed by atoms with Crippen molar-refractivity contribution in [1.29, 1.82) is 0 Å². The molecule has 4 aromatic heterocycles. The number of ether oxygens (including phenoxy) is 8. The van der Waals surface area contributed by atoms with Gasteiger partial charge in [-0.05, 0) is 34.4 Å². The van der Waals surface area contributed by atoms with E-state index in [9.17, 15) is 0 Å². The van der Waals surface area contributed by atoms with Crippen molar-refractivity contribution in [3.05, 3.63) is 135 Å². The Labute approximate surface area is 354 Å². The van der Waals surface area contributed by atoms with Crippen LogP contribution in [-0.4, -0.2) is 93.5 Å². The van der Waals surface area contributed by atoms with Gasteiger partial charge >= 0.3 is 0 Å². The summed E-state index contributed by atoms with van der Waals surface area (Å²) in [5.74, 6) is 1.59. The Kier molecular flexibility index (Phi) is 18.7. The lowest BCUT2D eigenvalue weighted by molar-refractivity contribution is -0.698. The number of rotatable bonds is 28. The summed E-state index contributed by atoms with van der Waals surface area (Å²) in [6.07, 6.45) is 16.7. The number of hydrogen-bond acceptors (Lipinski definition) is 8. The molecule has 0 atom stereocenters. The zero-order chi connectivity index (χ0) is 41.5. The highest BCUT2D eigenvalue weighted by Gasteiger charge is 2.10. The topological polar surface area (TPSA) is 89.4 Å². The second-order valence-corrected chi connectivity index (χ2v) is 14.0. The third-order valence-corrected chi connectivity index (χ3v) is 9.88. The smallest absolute Gasteiger partial charge is 0.171 e. The molecule has 0 N–H and O–H groups in total. The molecule has 0 aliphatic carbocycles. The summed E-state index contributed by atoms with van der Waals surface area (Å²) in [7, 11) is 3.44. The Morgan fingerprint density at radius 1 is 0.317 bits per heavy atom. The zero-order valence-corrected chi connectivity index (χ0v) is 35.1. The molecule has 0 aliphatic rings. The molecule has 0 bridgehead atoms. The summed E-state index contributed by atoms with van der Waals surface area (Å²) >= 11 is 0. The maximum atomic E-state index is 6.10. The van der Waals surface area contributed by atoms with Crippen LogP contribution in [0.25, 0.3) is 33.0 Å². The van der Waals surface area contributed by atoms with E-state index in [1.807, 2.05) is 36.4 Å². The molecule has 0 unspecified atom stereocenters. The molecule has 0 fully saturated rings. The van der Waals surface area contributed by atoms with E-state index < -0.39 is 0 Å². The summed E-state index contributed by atoms with van der Waals surface area (Å²) in [4.78, 5) is 0. The van der Waals surface area contributed by atoms with Gasteiger partial charge in [0, 0.05) is 73.5 Å². The molecule has 0 amide bonds. The monoisotopic (exact) mass is 820 g/mol. The van der Waals surface area contributed by atoms with Crippen LogP contribution in [0, 0.1) is 0 Å². The van der Waals surface area contributed by atoms with Crippen molar-refractivity contribution in [3.63, 3.8) is 0 Å². The molecule has 0 spiro atoms.